The van der Waals surface area contributed by atoms with Crippen LogP contribution in [-0.4, -0.2) is 27.2 Å². The Balaban J connectivity index is 1.86. The van der Waals surface area contributed by atoms with Crippen LogP contribution in [0.15, 0.2) is 57.9 Å². The lowest BCUT2D eigenvalue weighted by molar-refractivity contribution is 0.102. The Labute approximate surface area is 151 Å². The van der Waals surface area contributed by atoms with Crippen LogP contribution < -0.4 is 11.1 Å². The van der Waals surface area contributed by atoms with E-state index in [9.17, 15) is 4.79 Å². The normalized spacial score (nSPS) is 10.6. The van der Waals surface area contributed by atoms with Crippen molar-refractivity contribution < 1.29 is 4.79 Å². The molecule has 0 saturated heterocycles. The molecule has 1 heterocycles. The number of halogens is 1. The summed E-state index contributed by atoms with van der Waals surface area (Å²) < 4.78 is 2.31. The zero-order valence-electron chi connectivity index (χ0n) is 12.7. The van der Waals surface area contributed by atoms with Gasteiger partial charge in [-0.25, -0.2) is 0 Å². The third kappa shape index (κ3) is 3.44. The van der Waals surface area contributed by atoms with Crippen molar-refractivity contribution >= 4 is 45.1 Å². The number of nitrogen functional groups attached to an aromatic ring is 1. The zero-order chi connectivity index (χ0) is 17.1. The average molecular weight is 404 g/mol. The van der Waals surface area contributed by atoms with E-state index in [-0.39, 0.29) is 11.5 Å². The summed E-state index contributed by atoms with van der Waals surface area (Å²) >= 11 is 4.99. The smallest absolute Gasteiger partial charge is 0.280 e. The number of amides is 1. The number of hydrogen-bond donors (Lipinski definition) is 2. The second kappa shape index (κ2) is 7.06. The maximum atomic E-state index is 12.4. The highest BCUT2D eigenvalue weighted by atomic mass is 79.9. The monoisotopic (exact) mass is 403 g/mol. The van der Waals surface area contributed by atoms with Gasteiger partial charge in [0.2, 0.25) is 0 Å². The summed E-state index contributed by atoms with van der Waals surface area (Å²) in [5.74, 6) is -0.210. The molecule has 0 bridgehead atoms. The molecular weight excluding hydrogens is 390 g/mol. The average Bonchev–Trinajstić information content (AvgIpc) is 2.96. The molecule has 0 fully saturated rings. The fourth-order valence-corrected chi connectivity index (χ4v) is 2.99. The molecule has 0 saturated carbocycles. The van der Waals surface area contributed by atoms with E-state index in [1.165, 1.54) is 4.68 Å². The first-order valence-corrected chi connectivity index (χ1v) is 9.03. The summed E-state index contributed by atoms with van der Waals surface area (Å²) in [5.41, 5.74) is 7.55. The number of anilines is 2. The van der Waals surface area contributed by atoms with Gasteiger partial charge in [0.25, 0.3) is 5.91 Å². The van der Waals surface area contributed by atoms with E-state index in [2.05, 4.69) is 31.6 Å². The molecule has 8 heteroatoms. The van der Waals surface area contributed by atoms with Crippen LogP contribution in [0.4, 0.5) is 11.5 Å². The lowest BCUT2D eigenvalue weighted by Crippen LogP contribution is -2.15. The van der Waals surface area contributed by atoms with Crippen LogP contribution in [0.1, 0.15) is 10.5 Å². The number of carbonyl (C=O) groups is 1. The van der Waals surface area contributed by atoms with Crippen LogP contribution in [0.5, 0.6) is 0 Å². The minimum atomic E-state index is -0.396. The van der Waals surface area contributed by atoms with Crippen molar-refractivity contribution in [3.8, 4) is 5.69 Å². The zero-order valence-corrected chi connectivity index (χ0v) is 15.1. The first-order chi connectivity index (χ1) is 11.6. The van der Waals surface area contributed by atoms with Gasteiger partial charge in [-0.15, -0.1) is 16.9 Å². The highest BCUT2D eigenvalue weighted by Crippen LogP contribution is 2.22. The molecule has 0 unspecified atom stereocenters. The predicted molar refractivity (Wildman–Crippen MR) is 99.6 cm³/mol. The maximum Gasteiger partial charge on any atom is 0.280 e. The summed E-state index contributed by atoms with van der Waals surface area (Å²) in [5, 5.41) is 10.7. The molecule has 0 aliphatic heterocycles. The van der Waals surface area contributed by atoms with Crippen LogP contribution in [0, 0.1) is 0 Å². The molecule has 6 nitrogen and oxygen atoms in total. The first kappa shape index (κ1) is 16.5. The number of benzene rings is 2. The Morgan fingerprint density at radius 1 is 1.25 bits per heavy atom. The summed E-state index contributed by atoms with van der Waals surface area (Å²) in [6, 6.07) is 15.0. The largest absolute Gasteiger partial charge is 0.382 e. The standard InChI is InChI=1S/C16H14BrN5OS/c1-24-13-7-3-5-11(9-13)19-16(23)14-15(18)22(21-20-14)12-6-2-4-10(17)8-12/h2-9H,18H2,1H3,(H,19,23). The van der Waals surface area contributed by atoms with E-state index in [1.54, 1.807) is 11.8 Å². The molecule has 0 spiro atoms. The molecule has 0 aliphatic rings. The molecular formula is C16H14BrN5OS. The molecule has 3 rings (SSSR count). The highest BCUT2D eigenvalue weighted by Gasteiger charge is 2.18. The number of aromatic nitrogens is 3. The van der Waals surface area contributed by atoms with Crippen LogP contribution in [0.2, 0.25) is 0 Å². The van der Waals surface area contributed by atoms with Gasteiger partial charge in [-0.2, -0.15) is 4.68 Å². The maximum absolute atomic E-state index is 12.4. The fourth-order valence-electron chi connectivity index (χ4n) is 2.14. The lowest BCUT2D eigenvalue weighted by atomic mass is 10.3. The van der Waals surface area contributed by atoms with Gasteiger partial charge in [-0.3, -0.25) is 4.79 Å². The van der Waals surface area contributed by atoms with Crippen molar-refractivity contribution in [2.75, 3.05) is 17.3 Å². The van der Waals surface area contributed by atoms with E-state index in [1.807, 2.05) is 54.8 Å². The van der Waals surface area contributed by atoms with E-state index in [0.29, 0.717) is 5.69 Å². The van der Waals surface area contributed by atoms with Gasteiger partial charge in [0.05, 0.1) is 5.69 Å². The van der Waals surface area contributed by atoms with Crippen molar-refractivity contribution in [2.45, 2.75) is 4.90 Å². The van der Waals surface area contributed by atoms with Crippen molar-refractivity contribution in [1.82, 2.24) is 15.0 Å². The van der Waals surface area contributed by atoms with Crippen molar-refractivity contribution in [1.29, 1.82) is 0 Å². The summed E-state index contributed by atoms with van der Waals surface area (Å²) in [6.45, 7) is 0. The third-order valence-corrected chi connectivity index (χ3v) is 4.52. The molecule has 1 amide bonds. The Hall–Kier alpha value is -2.32. The minimum absolute atomic E-state index is 0.0875. The second-order valence-corrected chi connectivity index (χ2v) is 6.70. The predicted octanol–water partition coefficient (Wildman–Crippen LogP) is 3.59. The number of thioether (sulfide) groups is 1. The van der Waals surface area contributed by atoms with E-state index >= 15 is 0 Å². The van der Waals surface area contributed by atoms with Gasteiger partial charge in [0, 0.05) is 15.1 Å². The van der Waals surface area contributed by atoms with Gasteiger partial charge in [0.15, 0.2) is 11.5 Å². The Morgan fingerprint density at radius 2 is 2.04 bits per heavy atom. The summed E-state index contributed by atoms with van der Waals surface area (Å²) in [7, 11) is 0. The van der Waals surface area contributed by atoms with E-state index in [4.69, 9.17) is 5.73 Å². The summed E-state index contributed by atoms with van der Waals surface area (Å²) in [4.78, 5) is 13.5. The Kier molecular flexibility index (Phi) is 4.86. The molecule has 3 N–H and O–H groups in total. The van der Waals surface area contributed by atoms with Crippen LogP contribution in [0.25, 0.3) is 5.69 Å². The number of nitrogens with one attached hydrogen (secondary N) is 1. The topological polar surface area (TPSA) is 85.8 Å². The van der Waals surface area contributed by atoms with Crippen LogP contribution in [0.3, 0.4) is 0 Å². The molecule has 3 aromatic rings. The second-order valence-electron chi connectivity index (χ2n) is 4.90. The number of nitrogens with zero attached hydrogens (tertiary/aromatic N) is 3. The van der Waals surface area contributed by atoms with Crippen molar-refractivity contribution in [3.05, 3.63) is 58.7 Å². The van der Waals surface area contributed by atoms with Crippen LogP contribution in [-0.2, 0) is 0 Å². The van der Waals surface area contributed by atoms with Gasteiger partial charge >= 0.3 is 0 Å². The molecule has 0 atom stereocenters. The van der Waals surface area contributed by atoms with E-state index in [0.717, 1.165) is 15.1 Å². The van der Waals surface area contributed by atoms with Crippen LogP contribution >= 0.6 is 27.7 Å². The van der Waals surface area contributed by atoms with E-state index < -0.39 is 5.91 Å². The van der Waals surface area contributed by atoms with Gasteiger partial charge in [-0.05, 0) is 42.7 Å². The number of hydrogen-bond acceptors (Lipinski definition) is 5. The summed E-state index contributed by atoms with van der Waals surface area (Å²) in [6.07, 6.45) is 1.97. The molecule has 122 valence electrons. The van der Waals surface area contributed by atoms with Gasteiger partial charge in [-0.1, -0.05) is 33.3 Å². The molecule has 1 aromatic heterocycles. The van der Waals surface area contributed by atoms with Gasteiger partial charge < -0.3 is 11.1 Å². The molecule has 24 heavy (non-hydrogen) atoms. The molecule has 0 radical (unpaired) electrons. The third-order valence-electron chi connectivity index (χ3n) is 3.30. The molecule has 2 aromatic carbocycles. The Bertz CT molecular complexity index is 896. The van der Waals surface area contributed by atoms with Crippen molar-refractivity contribution in [3.63, 3.8) is 0 Å². The quantitative estimate of drug-likeness (QED) is 0.650. The SMILES string of the molecule is CSc1cccc(NC(=O)c2nnn(-c3cccc(Br)c3)c2N)c1. The first-order valence-electron chi connectivity index (χ1n) is 7.01. The number of rotatable bonds is 4. The fraction of sp³-hybridized carbons (Fsp3) is 0.0625. The van der Waals surface area contributed by atoms with Gasteiger partial charge in [0.1, 0.15) is 0 Å². The minimum Gasteiger partial charge on any atom is -0.382 e. The number of nitrogens with two attached hydrogens (primary N) is 1. The Morgan fingerprint density at radius 3 is 2.79 bits per heavy atom. The van der Waals surface area contributed by atoms with Crippen molar-refractivity contribution in [2.24, 2.45) is 0 Å². The number of carbonyl (C=O) groups excluding carboxylic acids is 1. The molecule has 0 aliphatic carbocycles. The highest BCUT2D eigenvalue weighted by molar-refractivity contribution is 9.10. The lowest BCUT2D eigenvalue weighted by Gasteiger charge is -2.06.